The number of nitrogens with one attached hydrogen (secondary N) is 2. The van der Waals surface area contributed by atoms with Crippen molar-refractivity contribution < 1.29 is 9.53 Å². The molecule has 1 atom stereocenters. The third-order valence-corrected chi connectivity index (χ3v) is 4.51. The largest absolute Gasteiger partial charge is 0.374 e. The molecule has 19 heavy (non-hydrogen) atoms. The lowest BCUT2D eigenvalue weighted by molar-refractivity contribution is 0.107. The molecule has 2 heterocycles. The second kappa shape index (κ2) is 6.91. The van der Waals surface area contributed by atoms with Crippen molar-refractivity contribution in [2.75, 3.05) is 19.0 Å². The minimum absolute atomic E-state index is 0.188. The molecule has 2 aromatic rings. The van der Waals surface area contributed by atoms with E-state index in [1.807, 2.05) is 29.6 Å². The van der Waals surface area contributed by atoms with Gasteiger partial charge in [0.1, 0.15) is 6.10 Å². The van der Waals surface area contributed by atoms with Crippen molar-refractivity contribution >= 4 is 45.3 Å². The number of halogens is 1. The number of ether oxygens (including phenoxy) is 1. The van der Waals surface area contributed by atoms with Crippen LogP contribution in [0.2, 0.25) is 4.34 Å². The van der Waals surface area contributed by atoms with Crippen LogP contribution in [0.3, 0.4) is 0 Å². The van der Waals surface area contributed by atoms with E-state index in [1.165, 1.54) is 22.7 Å². The fourth-order valence-electron chi connectivity index (χ4n) is 1.49. The molecule has 0 unspecified atom stereocenters. The van der Waals surface area contributed by atoms with E-state index in [0.29, 0.717) is 10.9 Å². The van der Waals surface area contributed by atoms with Gasteiger partial charge in [-0.15, -0.1) is 22.7 Å². The van der Waals surface area contributed by atoms with Gasteiger partial charge in [-0.05, 0) is 29.6 Å². The van der Waals surface area contributed by atoms with E-state index in [4.69, 9.17) is 16.3 Å². The highest BCUT2D eigenvalue weighted by Gasteiger charge is 2.14. The molecule has 2 N–H and O–H groups in total. The van der Waals surface area contributed by atoms with Crippen molar-refractivity contribution in [3.8, 4) is 0 Å². The number of methoxy groups -OCH3 is 1. The zero-order valence-corrected chi connectivity index (χ0v) is 12.6. The van der Waals surface area contributed by atoms with E-state index in [-0.39, 0.29) is 12.1 Å². The summed E-state index contributed by atoms with van der Waals surface area (Å²) in [6.07, 6.45) is -0.188. The summed E-state index contributed by atoms with van der Waals surface area (Å²) in [5.74, 6) is 0. The van der Waals surface area contributed by atoms with E-state index >= 15 is 0 Å². The molecule has 0 saturated carbocycles. The fraction of sp³-hybridized carbons (Fsp3) is 0.250. The number of hydrogen-bond donors (Lipinski definition) is 2. The Bertz CT molecular complexity index is 528. The van der Waals surface area contributed by atoms with Gasteiger partial charge in [0.25, 0.3) is 0 Å². The van der Waals surface area contributed by atoms with Crippen molar-refractivity contribution in [3.05, 3.63) is 38.9 Å². The number of thiophene rings is 2. The van der Waals surface area contributed by atoms with Gasteiger partial charge in [-0.25, -0.2) is 4.79 Å². The first-order chi connectivity index (χ1) is 9.19. The molecule has 7 heteroatoms. The Balaban J connectivity index is 1.84. The molecule has 0 fully saturated rings. The van der Waals surface area contributed by atoms with E-state index in [9.17, 15) is 4.79 Å². The first kappa shape index (κ1) is 14.3. The molecular formula is C12H13ClN2O2S2. The third kappa shape index (κ3) is 4.21. The molecule has 0 radical (unpaired) electrons. The molecule has 2 aromatic heterocycles. The molecule has 0 aromatic carbocycles. The summed E-state index contributed by atoms with van der Waals surface area (Å²) < 4.78 is 6.06. The van der Waals surface area contributed by atoms with Crippen LogP contribution in [0.4, 0.5) is 9.80 Å². The summed E-state index contributed by atoms with van der Waals surface area (Å²) in [6.45, 7) is 0.393. The first-order valence-electron chi connectivity index (χ1n) is 5.55. The predicted octanol–water partition coefficient (Wildman–Crippen LogP) is 3.97. The van der Waals surface area contributed by atoms with E-state index in [2.05, 4.69) is 10.6 Å². The Morgan fingerprint density at radius 3 is 2.89 bits per heavy atom. The van der Waals surface area contributed by atoms with Crippen molar-refractivity contribution in [3.63, 3.8) is 0 Å². The van der Waals surface area contributed by atoms with Crippen LogP contribution < -0.4 is 10.6 Å². The summed E-state index contributed by atoms with van der Waals surface area (Å²) in [6, 6.07) is 7.20. The van der Waals surface area contributed by atoms with Gasteiger partial charge in [-0.3, -0.25) is 5.32 Å². The van der Waals surface area contributed by atoms with Crippen LogP contribution >= 0.6 is 34.3 Å². The average molecular weight is 317 g/mol. The van der Waals surface area contributed by atoms with Crippen LogP contribution in [-0.4, -0.2) is 19.7 Å². The van der Waals surface area contributed by atoms with E-state index in [0.717, 1.165) is 9.88 Å². The van der Waals surface area contributed by atoms with Gasteiger partial charge in [0.15, 0.2) is 0 Å². The summed E-state index contributed by atoms with van der Waals surface area (Å²) in [4.78, 5) is 12.7. The standard InChI is InChI=1S/C12H13ClN2O2S2/c1-17-8(9-4-5-10(13)19-9)7-14-12(16)15-11-3-2-6-18-11/h2-6,8H,7H2,1H3,(H2,14,15,16)/t8-/m1/s1. The first-order valence-corrected chi connectivity index (χ1v) is 7.63. The lowest BCUT2D eigenvalue weighted by Crippen LogP contribution is -2.32. The number of urea groups is 1. The number of hydrogen-bond acceptors (Lipinski definition) is 4. The monoisotopic (exact) mass is 316 g/mol. The number of anilines is 1. The van der Waals surface area contributed by atoms with Gasteiger partial charge in [0.05, 0.1) is 15.9 Å². The number of rotatable bonds is 5. The highest BCUT2D eigenvalue weighted by molar-refractivity contribution is 7.16. The average Bonchev–Trinajstić information content (AvgIpc) is 3.02. The molecule has 0 aliphatic heterocycles. The summed E-state index contributed by atoms with van der Waals surface area (Å²) in [5, 5.41) is 8.24. The quantitative estimate of drug-likeness (QED) is 0.877. The van der Waals surface area contributed by atoms with Gasteiger partial charge in [0, 0.05) is 12.0 Å². The third-order valence-electron chi connectivity index (χ3n) is 2.40. The van der Waals surface area contributed by atoms with Crippen LogP contribution in [0.25, 0.3) is 0 Å². The van der Waals surface area contributed by atoms with Crippen molar-refractivity contribution in [2.24, 2.45) is 0 Å². The van der Waals surface area contributed by atoms with Gasteiger partial charge in [-0.1, -0.05) is 11.6 Å². The maximum atomic E-state index is 11.7. The van der Waals surface area contributed by atoms with Crippen LogP contribution in [0.5, 0.6) is 0 Å². The molecule has 0 spiro atoms. The second-order valence-corrected chi connectivity index (χ2v) is 6.37. The predicted molar refractivity (Wildman–Crippen MR) is 80.4 cm³/mol. The number of carbonyl (C=O) groups is 1. The summed E-state index contributed by atoms with van der Waals surface area (Å²) in [7, 11) is 1.61. The Hall–Kier alpha value is -1.08. The molecule has 0 bridgehead atoms. The lowest BCUT2D eigenvalue weighted by Gasteiger charge is -2.14. The van der Waals surface area contributed by atoms with Crippen molar-refractivity contribution in [1.29, 1.82) is 0 Å². The minimum atomic E-state index is -0.243. The van der Waals surface area contributed by atoms with Crippen LogP contribution in [0, 0.1) is 0 Å². The lowest BCUT2D eigenvalue weighted by atomic mass is 10.3. The topological polar surface area (TPSA) is 50.4 Å². The van der Waals surface area contributed by atoms with Crippen LogP contribution in [-0.2, 0) is 4.74 Å². The molecule has 2 rings (SSSR count). The van der Waals surface area contributed by atoms with E-state index in [1.54, 1.807) is 7.11 Å². The van der Waals surface area contributed by atoms with Gasteiger partial charge in [0.2, 0.25) is 0 Å². The Kier molecular flexibility index (Phi) is 5.21. The highest BCUT2D eigenvalue weighted by atomic mass is 35.5. The Morgan fingerprint density at radius 2 is 2.32 bits per heavy atom. The summed E-state index contributed by atoms with van der Waals surface area (Å²) in [5.41, 5.74) is 0. The van der Waals surface area contributed by atoms with Crippen LogP contribution in [0.15, 0.2) is 29.6 Å². The second-order valence-electron chi connectivity index (χ2n) is 3.68. The SMILES string of the molecule is CO[C@H](CNC(=O)Nc1cccs1)c1ccc(Cl)s1. The highest BCUT2D eigenvalue weighted by Crippen LogP contribution is 2.28. The van der Waals surface area contributed by atoms with Crippen LogP contribution in [0.1, 0.15) is 11.0 Å². The molecule has 102 valence electrons. The Morgan fingerprint density at radius 1 is 1.47 bits per heavy atom. The van der Waals surface area contributed by atoms with Gasteiger partial charge < -0.3 is 10.1 Å². The zero-order chi connectivity index (χ0) is 13.7. The smallest absolute Gasteiger partial charge is 0.319 e. The molecule has 0 saturated heterocycles. The summed E-state index contributed by atoms with van der Waals surface area (Å²) >= 11 is 8.80. The normalized spacial score (nSPS) is 12.1. The molecule has 0 aliphatic rings. The maximum Gasteiger partial charge on any atom is 0.319 e. The van der Waals surface area contributed by atoms with Gasteiger partial charge in [-0.2, -0.15) is 0 Å². The number of amides is 2. The molecule has 2 amide bonds. The fourth-order valence-corrected chi connectivity index (χ4v) is 3.24. The van der Waals surface area contributed by atoms with Crippen molar-refractivity contribution in [1.82, 2.24) is 5.32 Å². The number of carbonyl (C=O) groups excluding carboxylic acids is 1. The van der Waals surface area contributed by atoms with Gasteiger partial charge >= 0.3 is 6.03 Å². The molecule has 4 nitrogen and oxygen atoms in total. The maximum absolute atomic E-state index is 11.7. The van der Waals surface area contributed by atoms with E-state index < -0.39 is 0 Å². The Labute approximate surface area is 124 Å². The zero-order valence-electron chi connectivity index (χ0n) is 10.2. The van der Waals surface area contributed by atoms with Crippen molar-refractivity contribution in [2.45, 2.75) is 6.10 Å². The minimum Gasteiger partial charge on any atom is -0.374 e. The molecule has 0 aliphatic carbocycles. The molecular weight excluding hydrogens is 304 g/mol.